The molecule has 5 rings (SSSR count). The summed E-state index contributed by atoms with van der Waals surface area (Å²) in [6.45, 7) is 9.41. The van der Waals surface area contributed by atoms with Gasteiger partial charge in [0, 0.05) is 5.92 Å². The zero-order valence-electron chi connectivity index (χ0n) is 17.1. The van der Waals surface area contributed by atoms with Crippen LogP contribution in [-0.2, 0) is 0 Å². The molecular formula is C25H36O. The van der Waals surface area contributed by atoms with E-state index in [2.05, 4.69) is 52.0 Å². The van der Waals surface area contributed by atoms with Crippen LogP contribution in [-0.4, -0.2) is 5.60 Å². The molecule has 142 valence electrons. The first-order valence-corrected chi connectivity index (χ1v) is 11.3. The van der Waals surface area contributed by atoms with Gasteiger partial charge >= 0.3 is 0 Å². The van der Waals surface area contributed by atoms with Crippen molar-refractivity contribution in [1.29, 1.82) is 0 Å². The summed E-state index contributed by atoms with van der Waals surface area (Å²) in [6, 6.07) is 9.09. The maximum Gasteiger partial charge on any atom is 0.120 e. The minimum Gasteiger partial charge on any atom is -0.487 e. The van der Waals surface area contributed by atoms with Crippen LogP contribution < -0.4 is 4.74 Å². The van der Waals surface area contributed by atoms with Gasteiger partial charge in [-0.3, -0.25) is 0 Å². The van der Waals surface area contributed by atoms with E-state index in [4.69, 9.17) is 4.74 Å². The summed E-state index contributed by atoms with van der Waals surface area (Å²) in [5, 5.41) is 0. The van der Waals surface area contributed by atoms with E-state index in [0.29, 0.717) is 11.8 Å². The Kier molecular flexibility index (Phi) is 3.96. The molecule has 0 heterocycles. The van der Waals surface area contributed by atoms with E-state index in [1.807, 2.05) is 0 Å². The molecule has 1 heteroatoms. The Hall–Kier alpha value is -0.980. The lowest BCUT2D eigenvalue weighted by atomic mass is 9.63. The van der Waals surface area contributed by atoms with Gasteiger partial charge in [-0.1, -0.05) is 39.8 Å². The van der Waals surface area contributed by atoms with Crippen molar-refractivity contribution in [2.75, 3.05) is 0 Å². The molecular weight excluding hydrogens is 316 g/mol. The van der Waals surface area contributed by atoms with E-state index in [1.165, 1.54) is 37.7 Å². The SMILES string of the molecule is CCC(C)c1ccc(OC2(C(C)C)CC3CC2C2C4CCC(C4)C32)cc1. The minimum absolute atomic E-state index is 0.0915. The Labute approximate surface area is 159 Å². The summed E-state index contributed by atoms with van der Waals surface area (Å²) >= 11 is 0. The standard InChI is InChI=1S/C25H36O/c1-5-16(4)17-8-10-21(11-9-17)26-25(15(2)3)14-20-13-22(25)24-19-7-6-18(12-19)23(20)24/h8-11,15-16,18-20,22-24H,5-7,12-14H2,1-4H3. The minimum atomic E-state index is 0.0915. The zero-order valence-corrected chi connectivity index (χ0v) is 17.1. The summed E-state index contributed by atoms with van der Waals surface area (Å²) in [5.41, 5.74) is 1.54. The molecule has 4 fully saturated rings. The Morgan fingerprint density at radius 2 is 1.65 bits per heavy atom. The Bertz CT molecular complexity index is 661. The Balaban J connectivity index is 1.41. The molecule has 0 spiro atoms. The second kappa shape index (κ2) is 6.01. The molecule has 8 atom stereocenters. The molecule has 1 nitrogen and oxygen atoms in total. The van der Waals surface area contributed by atoms with Crippen molar-refractivity contribution in [3.63, 3.8) is 0 Å². The summed E-state index contributed by atoms with van der Waals surface area (Å²) in [5.74, 6) is 8.24. The number of benzene rings is 1. The molecule has 26 heavy (non-hydrogen) atoms. The van der Waals surface area contributed by atoms with Gasteiger partial charge in [0.15, 0.2) is 0 Å². The lowest BCUT2D eigenvalue weighted by molar-refractivity contribution is -0.0750. The topological polar surface area (TPSA) is 9.23 Å². The fraction of sp³-hybridized carbons (Fsp3) is 0.760. The lowest BCUT2D eigenvalue weighted by Crippen LogP contribution is -2.52. The van der Waals surface area contributed by atoms with Crippen LogP contribution in [0, 0.1) is 41.4 Å². The molecule has 1 aromatic rings. The van der Waals surface area contributed by atoms with E-state index in [0.717, 1.165) is 41.3 Å². The first-order valence-electron chi connectivity index (χ1n) is 11.3. The van der Waals surface area contributed by atoms with Gasteiger partial charge in [0.1, 0.15) is 11.4 Å². The highest BCUT2D eigenvalue weighted by Crippen LogP contribution is 2.71. The van der Waals surface area contributed by atoms with Crippen molar-refractivity contribution in [2.45, 2.75) is 77.7 Å². The van der Waals surface area contributed by atoms with Crippen molar-refractivity contribution in [1.82, 2.24) is 0 Å². The van der Waals surface area contributed by atoms with Gasteiger partial charge in [-0.25, -0.2) is 0 Å². The van der Waals surface area contributed by atoms with Crippen LogP contribution in [0.2, 0.25) is 0 Å². The fourth-order valence-corrected chi connectivity index (χ4v) is 7.84. The quantitative estimate of drug-likeness (QED) is 0.537. The van der Waals surface area contributed by atoms with Crippen molar-refractivity contribution in [3.05, 3.63) is 29.8 Å². The van der Waals surface area contributed by atoms with Gasteiger partial charge in [0.25, 0.3) is 0 Å². The number of fused-ring (bicyclic) bond motifs is 9. The number of rotatable bonds is 5. The summed E-state index contributed by atoms with van der Waals surface area (Å²) in [6.07, 6.45) is 8.54. The molecule has 1 aromatic carbocycles. The molecule has 4 saturated carbocycles. The fourth-order valence-electron chi connectivity index (χ4n) is 7.84. The molecule has 8 unspecified atom stereocenters. The second-order valence-corrected chi connectivity index (χ2v) is 10.4. The van der Waals surface area contributed by atoms with Gasteiger partial charge in [0.05, 0.1) is 0 Å². The summed E-state index contributed by atoms with van der Waals surface area (Å²) in [7, 11) is 0. The van der Waals surface area contributed by atoms with E-state index in [-0.39, 0.29) is 5.60 Å². The van der Waals surface area contributed by atoms with Crippen LogP contribution in [0.3, 0.4) is 0 Å². The largest absolute Gasteiger partial charge is 0.487 e. The number of hydrogen-bond donors (Lipinski definition) is 0. The molecule has 4 aliphatic carbocycles. The van der Waals surface area contributed by atoms with E-state index in [9.17, 15) is 0 Å². The van der Waals surface area contributed by atoms with Crippen LogP contribution in [0.15, 0.2) is 24.3 Å². The monoisotopic (exact) mass is 352 g/mol. The third kappa shape index (κ3) is 2.28. The van der Waals surface area contributed by atoms with Crippen LogP contribution in [0.1, 0.15) is 77.7 Å². The highest BCUT2D eigenvalue weighted by Gasteiger charge is 2.68. The number of ether oxygens (including phenoxy) is 1. The molecule has 4 bridgehead atoms. The predicted molar refractivity (Wildman–Crippen MR) is 107 cm³/mol. The van der Waals surface area contributed by atoms with Crippen molar-refractivity contribution < 1.29 is 4.74 Å². The molecule has 0 radical (unpaired) electrons. The van der Waals surface area contributed by atoms with Gasteiger partial charge in [0.2, 0.25) is 0 Å². The third-order valence-corrected chi connectivity index (χ3v) is 9.17. The van der Waals surface area contributed by atoms with Crippen LogP contribution in [0.25, 0.3) is 0 Å². The van der Waals surface area contributed by atoms with Crippen LogP contribution >= 0.6 is 0 Å². The average molecular weight is 353 g/mol. The highest BCUT2D eigenvalue weighted by atomic mass is 16.5. The molecule has 0 saturated heterocycles. The first kappa shape index (κ1) is 17.1. The normalized spacial score (nSPS) is 43.9. The summed E-state index contributed by atoms with van der Waals surface area (Å²) < 4.78 is 6.94. The van der Waals surface area contributed by atoms with Crippen LogP contribution in [0.5, 0.6) is 5.75 Å². The third-order valence-electron chi connectivity index (χ3n) is 9.17. The molecule has 4 aliphatic rings. The van der Waals surface area contributed by atoms with E-state index in [1.54, 1.807) is 6.42 Å². The van der Waals surface area contributed by atoms with Crippen molar-refractivity contribution in [3.8, 4) is 5.75 Å². The van der Waals surface area contributed by atoms with Crippen LogP contribution in [0.4, 0.5) is 0 Å². The van der Waals surface area contributed by atoms with Gasteiger partial charge in [-0.05, 0) is 97.6 Å². The smallest absolute Gasteiger partial charge is 0.120 e. The maximum atomic E-state index is 6.94. The predicted octanol–water partition coefficient (Wildman–Crippen LogP) is 6.68. The van der Waals surface area contributed by atoms with Gasteiger partial charge in [-0.2, -0.15) is 0 Å². The number of hydrogen-bond acceptors (Lipinski definition) is 1. The Morgan fingerprint density at radius 3 is 2.31 bits per heavy atom. The molecule has 0 aromatic heterocycles. The molecule has 0 amide bonds. The summed E-state index contributed by atoms with van der Waals surface area (Å²) in [4.78, 5) is 0. The zero-order chi connectivity index (χ0) is 18.1. The average Bonchev–Trinajstić information content (AvgIpc) is 3.40. The van der Waals surface area contributed by atoms with Crippen molar-refractivity contribution >= 4 is 0 Å². The Morgan fingerprint density at radius 1 is 0.962 bits per heavy atom. The van der Waals surface area contributed by atoms with E-state index < -0.39 is 0 Å². The maximum absolute atomic E-state index is 6.94. The first-order chi connectivity index (χ1) is 12.5. The molecule has 0 aliphatic heterocycles. The van der Waals surface area contributed by atoms with Gasteiger partial charge in [-0.15, -0.1) is 0 Å². The molecule has 0 N–H and O–H groups in total. The highest BCUT2D eigenvalue weighted by molar-refractivity contribution is 5.31. The van der Waals surface area contributed by atoms with Gasteiger partial charge < -0.3 is 4.74 Å². The lowest BCUT2D eigenvalue weighted by Gasteiger charge is -2.48. The second-order valence-electron chi connectivity index (χ2n) is 10.4. The van der Waals surface area contributed by atoms with Crippen molar-refractivity contribution in [2.24, 2.45) is 41.4 Å². The van der Waals surface area contributed by atoms with E-state index >= 15 is 0 Å².